The molecule has 1 atom stereocenters. The molecule has 0 bridgehead atoms. The van der Waals surface area contributed by atoms with Crippen molar-refractivity contribution >= 4 is 17.7 Å². The summed E-state index contributed by atoms with van der Waals surface area (Å²) in [4.78, 5) is 36.9. The van der Waals surface area contributed by atoms with Crippen LogP contribution in [-0.2, 0) is 19.7 Å². The molecule has 1 N–H and O–H groups in total. The van der Waals surface area contributed by atoms with Crippen molar-refractivity contribution in [2.24, 2.45) is 11.3 Å². The van der Waals surface area contributed by atoms with Crippen LogP contribution >= 0.6 is 0 Å². The second kappa shape index (κ2) is 8.68. The predicted molar refractivity (Wildman–Crippen MR) is 107 cm³/mol. The largest absolute Gasteiger partial charge is 0.456 e. The van der Waals surface area contributed by atoms with Crippen LogP contribution in [0.25, 0.3) is 0 Å². The summed E-state index contributed by atoms with van der Waals surface area (Å²) in [6.45, 7) is 15.0. The smallest absolute Gasteiger partial charge is 0.329 e. The van der Waals surface area contributed by atoms with E-state index in [0.717, 1.165) is 5.56 Å². The first-order valence-corrected chi connectivity index (χ1v) is 9.35. The molecule has 0 radical (unpaired) electrons. The van der Waals surface area contributed by atoms with Crippen LogP contribution in [0, 0.1) is 11.3 Å². The van der Waals surface area contributed by atoms with Gasteiger partial charge < -0.3 is 10.1 Å². The van der Waals surface area contributed by atoms with Gasteiger partial charge in [0.25, 0.3) is 5.91 Å². The maximum Gasteiger partial charge on any atom is 0.329 e. The Hall–Kier alpha value is -2.17. The molecule has 0 aliphatic rings. The van der Waals surface area contributed by atoms with Crippen LogP contribution in [0.2, 0.25) is 0 Å². The van der Waals surface area contributed by atoms with Crippen LogP contribution in [0.1, 0.15) is 71.3 Å². The van der Waals surface area contributed by atoms with E-state index in [4.69, 9.17) is 4.74 Å². The van der Waals surface area contributed by atoms with Gasteiger partial charge in [0.05, 0.1) is 0 Å². The Labute approximate surface area is 162 Å². The number of hydrogen-bond acceptors (Lipinski definition) is 4. The lowest BCUT2D eigenvalue weighted by atomic mass is 9.86. The minimum atomic E-state index is -0.812. The monoisotopic (exact) mass is 375 g/mol. The van der Waals surface area contributed by atoms with Crippen molar-refractivity contribution in [1.82, 2.24) is 5.32 Å². The molecule has 5 nitrogen and oxygen atoms in total. The summed E-state index contributed by atoms with van der Waals surface area (Å²) >= 11 is 0. The van der Waals surface area contributed by atoms with E-state index < -0.39 is 17.4 Å². The Morgan fingerprint density at radius 1 is 0.963 bits per heavy atom. The van der Waals surface area contributed by atoms with Crippen molar-refractivity contribution in [2.75, 3.05) is 6.61 Å². The number of esters is 1. The van der Waals surface area contributed by atoms with Gasteiger partial charge in [-0.3, -0.25) is 9.59 Å². The summed E-state index contributed by atoms with van der Waals surface area (Å²) in [5.41, 5.74) is 1.02. The fourth-order valence-electron chi connectivity index (χ4n) is 2.29. The minimum Gasteiger partial charge on any atom is -0.456 e. The number of Topliss-reactive ketones (excluding diaryl/α,β-unsaturated/α-hetero) is 1. The molecule has 1 aromatic rings. The molecule has 0 aliphatic heterocycles. The van der Waals surface area contributed by atoms with E-state index in [1.807, 2.05) is 26.0 Å². The second-order valence-electron chi connectivity index (χ2n) is 9.30. The molecular formula is C22H33NO4. The van der Waals surface area contributed by atoms with E-state index >= 15 is 0 Å². The Morgan fingerprint density at radius 3 is 1.89 bits per heavy atom. The van der Waals surface area contributed by atoms with E-state index in [1.165, 1.54) is 0 Å². The van der Waals surface area contributed by atoms with Gasteiger partial charge in [0.15, 0.2) is 12.4 Å². The summed E-state index contributed by atoms with van der Waals surface area (Å²) in [6.07, 6.45) is 0. The zero-order valence-electron chi connectivity index (χ0n) is 17.8. The van der Waals surface area contributed by atoms with Gasteiger partial charge in [-0.15, -0.1) is 0 Å². The van der Waals surface area contributed by atoms with E-state index in [9.17, 15) is 14.4 Å². The zero-order valence-corrected chi connectivity index (χ0v) is 17.8. The number of ketones is 1. The highest BCUT2D eigenvalue weighted by atomic mass is 16.5. The minimum absolute atomic E-state index is 0.00112. The Morgan fingerprint density at radius 2 is 1.48 bits per heavy atom. The first kappa shape index (κ1) is 22.9. The standard InChI is InChI=1S/C22H33NO4/c1-14(2)18(20(26)27-13-17(24)22(6,7)8)23-19(25)15-9-11-16(12-10-15)21(3,4)5/h9-12,14,18H,13H2,1-8H3,(H,23,25). The van der Waals surface area contributed by atoms with E-state index in [2.05, 4.69) is 26.1 Å². The molecule has 0 saturated carbocycles. The third kappa shape index (κ3) is 6.81. The molecule has 0 aliphatic carbocycles. The van der Waals surface area contributed by atoms with Gasteiger partial charge >= 0.3 is 5.97 Å². The SMILES string of the molecule is CC(C)C(NC(=O)c1ccc(C(C)(C)C)cc1)C(=O)OCC(=O)C(C)(C)C. The molecule has 5 heteroatoms. The van der Waals surface area contributed by atoms with Crippen molar-refractivity contribution in [1.29, 1.82) is 0 Å². The van der Waals surface area contributed by atoms with Crippen molar-refractivity contribution in [3.63, 3.8) is 0 Å². The number of carbonyl (C=O) groups is 3. The third-order valence-electron chi connectivity index (χ3n) is 4.40. The molecule has 1 rings (SSSR count). The summed E-state index contributed by atoms with van der Waals surface area (Å²) in [6, 6.07) is 6.52. The number of nitrogens with one attached hydrogen (secondary N) is 1. The highest BCUT2D eigenvalue weighted by Crippen LogP contribution is 2.22. The van der Waals surface area contributed by atoms with E-state index in [0.29, 0.717) is 5.56 Å². The molecule has 0 spiro atoms. The summed E-state index contributed by atoms with van der Waals surface area (Å²) in [7, 11) is 0. The average molecular weight is 376 g/mol. The van der Waals surface area contributed by atoms with Crippen LogP contribution in [0.3, 0.4) is 0 Å². The normalized spacial score (nSPS) is 13.2. The van der Waals surface area contributed by atoms with Gasteiger partial charge in [0, 0.05) is 11.0 Å². The highest BCUT2D eigenvalue weighted by molar-refractivity contribution is 5.97. The summed E-state index contributed by atoms with van der Waals surface area (Å²) < 4.78 is 5.15. The zero-order chi connectivity index (χ0) is 21.0. The van der Waals surface area contributed by atoms with Gasteiger partial charge in [0.2, 0.25) is 0 Å². The Bertz CT molecular complexity index is 676. The number of carbonyl (C=O) groups excluding carboxylic acids is 3. The fourth-order valence-corrected chi connectivity index (χ4v) is 2.29. The predicted octanol–water partition coefficient (Wildman–Crippen LogP) is 3.90. The van der Waals surface area contributed by atoms with Crippen LogP contribution in [0.4, 0.5) is 0 Å². The molecule has 1 amide bonds. The number of rotatable bonds is 6. The maximum atomic E-state index is 12.5. The first-order valence-electron chi connectivity index (χ1n) is 9.35. The Kier molecular flexibility index (Phi) is 7.35. The van der Waals surface area contributed by atoms with E-state index in [-0.39, 0.29) is 29.6 Å². The first-order chi connectivity index (χ1) is 12.2. The molecule has 0 heterocycles. The van der Waals surface area contributed by atoms with Gasteiger partial charge in [-0.2, -0.15) is 0 Å². The lowest BCUT2D eigenvalue weighted by Gasteiger charge is -2.23. The molecule has 1 aromatic carbocycles. The van der Waals surface area contributed by atoms with Crippen molar-refractivity contribution in [3.8, 4) is 0 Å². The fraction of sp³-hybridized carbons (Fsp3) is 0.591. The van der Waals surface area contributed by atoms with Crippen LogP contribution in [0.15, 0.2) is 24.3 Å². The third-order valence-corrected chi connectivity index (χ3v) is 4.40. The van der Waals surface area contributed by atoms with Crippen molar-refractivity contribution < 1.29 is 19.1 Å². The van der Waals surface area contributed by atoms with Crippen molar-refractivity contribution in [3.05, 3.63) is 35.4 Å². The second-order valence-corrected chi connectivity index (χ2v) is 9.30. The van der Waals surface area contributed by atoms with Crippen LogP contribution in [0.5, 0.6) is 0 Å². The molecule has 27 heavy (non-hydrogen) atoms. The van der Waals surface area contributed by atoms with Crippen LogP contribution < -0.4 is 5.32 Å². The van der Waals surface area contributed by atoms with Gasteiger partial charge in [0.1, 0.15) is 6.04 Å². The lowest BCUT2D eigenvalue weighted by molar-refractivity contribution is -0.152. The highest BCUT2D eigenvalue weighted by Gasteiger charge is 2.29. The molecule has 1 unspecified atom stereocenters. The molecule has 0 aromatic heterocycles. The van der Waals surface area contributed by atoms with Gasteiger partial charge in [-0.1, -0.05) is 67.5 Å². The average Bonchev–Trinajstić information content (AvgIpc) is 2.55. The van der Waals surface area contributed by atoms with Gasteiger partial charge in [-0.25, -0.2) is 4.79 Å². The van der Waals surface area contributed by atoms with Crippen molar-refractivity contribution in [2.45, 2.75) is 66.8 Å². The molecule has 0 fully saturated rings. The molecule has 150 valence electrons. The number of benzene rings is 1. The summed E-state index contributed by atoms with van der Waals surface area (Å²) in [5, 5.41) is 2.73. The number of hydrogen-bond donors (Lipinski definition) is 1. The summed E-state index contributed by atoms with van der Waals surface area (Å²) in [5.74, 6) is -1.27. The maximum absolute atomic E-state index is 12.5. The van der Waals surface area contributed by atoms with E-state index in [1.54, 1.807) is 32.9 Å². The number of ether oxygens (including phenoxy) is 1. The lowest BCUT2D eigenvalue weighted by Crippen LogP contribution is -2.46. The quantitative estimate of drug-likeness (QED) is 0.766. The van der Waals surface area contributed by atoms with Gasteiger partial charge in [-0.05, 0) is 29.0 Å². The topological polar surface area (TPSA) is 72.5 Å². The number of amides is 1. The Balaban J connectivity index is 2.80. The molecular weight excluding hydrogens is 342 g/mol. The van der Waals surface area contributed by atoms with Crippen LogP contribution in [-0.4, -0.2) is 30.3 Å². The molecule has 0 saturated heterocycles.